The van der Waals surface area contributed by atoms with Gasteiger partial charge < -0.3 is 9.64 Å². The molecule has 2 saturated heterocycles. The summed E-state index contributed by atoms with van der Waals surface area (Å²) in [6.45, 7) is 3.61. The van der Waals surface area contributed by atoms with E-state index in [1.165, 1.54) is 22.5 Å². The molecule has 0 unspecified atom stereocenters. The number of morpholine rings is 1. The minimum absolute atomic E-state index is 0.0986. The van der Waals surface area contributed by atoms with Gasteiger partial charge in [-0.15, -0.1) is 0 Å². The summed E-state index contributed by atoms with van der Waals surface area (Å²) in [5, 5.41) is 0. The van der Waals surface area contributed by atoms with Crippen molar-refractivity contribution < 1.29 is 22.3 Å². The summed E-state index contributed by atoms with van der Waals surface area (Å²) in [6, 6.07) is 5.42. The minimum Gasteiger partial charge on any atom is -0.372 e. The molecule has 2 aliphatic heterocycles. The van der Waals surface area contributed by atoms with Gasteiger partial charge in [0.25, 0.3) is 0 Å². The molecule has 2 fully saturated rings. The van der Waals surface area contributed by atoms with E-state index in [1.54, 1.807) is 4.90 Å². The molecule has 0 aromatic heterocycles. The van der Waals surface area contributed by atoms with Gasteiger partial charge in [0.15, 0.2) is 0 Å². The normalized spacial score (nSPS) is 21.4. The zero-order valence-electron chi connectivity index (χ0n) is 14.3. The second kappa shape index (κ2) is 7.01. The van der Waals surface area contributed by atoms with Gasteiger partial charge in [-0.2, -0.15) is 4.31 Å². The lowest BCUT2D eigenvalue weighted by Crippen LogP contribution is -2.58. The SMILES string of the molecule is CCC(=O)N1CCC2(CC1)CN(S(=O)(=O)c1ccccc1F)CCO2. The van der Waals surface area contributed by atoms with Crippen LogP contribution in [0.3, 0.4) is 0 Å². The largest absolute Gasteiger partial charge is 0.372 e. The lowest BCUT2D eigenvalue weighted by Gasteiger charge is -2.46. The molecule has 0 N–H and O–H groups in total. The third kappa shape index (κ3) is 3.56. The van der Waals surface area contributed by atoms with Crippen molar-refractivity contribution in [3.63, 3.8) is 0 Å². The van der Waals surface area contributed by atoms with Gasteiger partial charge in [-0.1, -0.05) is 19.1 Å². The first-order chi connectivity index (χ1) is 11.9. The van der Waals surface area contributed by atoms with Crippen LogP contribution in [-0.4, -0.2) is 61.9 Å². The number of halogens is 1. The third-order valence-electron chi connectivity index (χ3n) is 5.00. The Balaban J connectivity index is 1.76. The van der Waals surface area contributed by atoms with E-state index < -0.39 is 21.4 Å². The predicted octanol–water partition coefficient (Wildman–Crippen LogP) is 1.62. The molecule has 1 spiro atoms. The number of piperidine rings is 1. The fourth-order valence-corrected chi connectivity index (χ4v) is 5.06. The van der Waals surface area contributed by atoms with Crippen molar-refractivity contribution in [3.8, 4) is 0 Å². The number of hydrogen-bond donors (Lipinski definition) is 0. The molecule has 138 valence electrons. The number of carbonyl (C=O) groups is 1. The molecule has 0 atom stereocenters. The molecule has 2 heterocycles. The van der Waals surface area contributed by atoms with Crippen molar-refractivity contribution in [2.24, 2.45) is 0 Å². The zero-order chi connectivity index (χ0) is 18.1. The summed E-state index contributed by atoms with van der Waals surface area (Å²) in [5.74, 6) is -0.645. The van der Waals surface area contributed by atoms with E-state index in [0.29, 0.717) is 32.4 Å². The molecular formula is C17H23FN2O4S. The predicted molar refractivity (Wildman–Crippen MR) is 89.9 cm³/mol. The molecule has 1 aromatic carbocycles. The Morgan fingerprint density at radius 3 is 2.56 bits per heavy atom. The molecule has 0 aliphatic carbocycles. The van der Waals surface area contributed by atoms with E-state index in [0.717, 1.165) is 6.07 Å². The fourth-order valence-electron chi connectivity index (χ4n) is 3.50. The lowest BCUT2D eigenvalue weighted by atomic mass is 9.90. The number of amides is 1. The first kappa shape index (κ1) is 18.3. The van der Waals surface area contributed by atoms with E-state index in [9.17, 15) is 17.6 Å². The molecule has 6 nitrogen and oxygen atoms in total. The smallest absolute Gasteiger partial charge is 0.246 e. The van der Waals surface area contributed by atoms with Crippen molar-refractivity contribution in [1.29, 1.82) is 0 Å². The van der Waals surface area contributed by atoms with Crippen LogP contribution in [0.5, 0.6) is 0 Å². The van der Waals surface area contributed by atoms with Crippen molar-refractivity contribution in [1.82, 2.24) is 9.21 Å². The van der Waals surface area contributed by atoms with Crippen molar-refractivity contribution >= 4 is 15.9 Å². The molecule has 0 bridgehead atoms. The Bertz CT molecular complexity index is 745. The van der Waals surface area contributed by atoms with Crippen LogP contribution in [-0.2, 0) is 19.6 Å². The number of ether oxygens (including phenoxy) is 1. The highest BCUT2D eigenvalue weighted by molar-refractivity contribution is 7.89. The summed E-state index contributed by atoms with van der Waals surface area (Å²) in [5.41, 5.74) is -0.596. The maximum Gasteiger partial charge on any atom is 0.246 e. The monoisotopic (exact) mass is 370 g/mol. The molecule has 25 heavy (non-hydrogen) atoms. The first-order valence-corrected chi connectivity index (χ1v) is 9.98. The van der Waals surface area contributed by atoms with Crippen LogP contribution in [0.4, 0.5) is 4.39 Å². The number of rotatable bonds is 3. The second-order valence-electron chi connectivity index (χ2n) is 6.53. The number of likely N-dealkylation sites (tertiary alicyclic amines) is 1. The number of benzene rings is 1. The Hall–Kier alpha value is -1.51. The molecular weight excluding hydrogens is 347 g/mol. The standard InChI is InChI=1S/C17H23FN2O4S/c1-2-16(21)19-9-7-17(8-10-19)13-20(11-12-24-17)25(22,23)15-6-4-3-5-14(15)18/h3-6H,2,7-13H2,1H3. The van der Waals surface area contributed by atoms with Crippen LogP contribution in [0.25, 0.3) is 0 Å². The summed E-state index contributed by atoms with van der Waals surface area (Å²) in [6.07, 6.45) is 1.63. The number of carbonyl (C=O) groups excluding carboxylic acids is 1. The summed E-state index contributed by atoms with van der Waals surface area (Å²) in [4.78, 5) is 13.3. The Morgan fingerprint density at radius 2 is 1.92 bits per heavy atom. The maximum atomic E-state index is 14.0. The van der Waals surface area contributed by atoms with E-state index in [4.69, 9.17) is 4.74 Å². The molecule has 0 radical (unpaired) electrons. The average molecular weight is 370 g/mol. The van der Waals surface area contributed by atoms with Gasteiger partial charge in [-0.3, -0.25) is 4.79 Å². The Labute approximate surface area is 147 Å². The summed E-state index contributed by atoms with van der Waals surface area (Å²) in [7, 11) is -3.90. The second-order valence-corrected chi connectivity index (χ2v) is 8.44. The van der Waals surface area contributed by atoms with E-state index in [1.807, 2.05) is 6.92 Å². The van der Waals surface area contributed by atoms with Crippen molar-refractivity contribution in [3.05, 3.63) is 30.1 Å². The topological polar surface area (TPSA) is 66.9 Å². The van der Waals surface area contributed by atoms with E-state index >= 15 is 0 Å². The molecule has 8 heteroatoms. The zero-order valence-corrected chi connectivity index (χ0v) is 15.1. The Morgan fingerprint density at radius 1 is 1.24 bits per heavy atom. The van der Waals surface area contributed by atoms with Crippen LogP contribution in [0.15, 0.2) is 29.2 Å². The van der Waals surface area contributed by atoms with Crippen LogP contribution >= 0.6 is 0 Å². The van der Waals surface area contributed by atoms with E-state index in [-0.39, 0.29) is 30.5 Å². The van der Waals surface area contributed by atoms with Gasteiger partial charge in [0, 0.05) is 32.6 Å². The van der Waals surface area contributed by atoms with Gasteiger partial charge in [0.1, 0.15) is 10.7 Å². The summed E-state index contributed by atoms with van der Waals surface area (Å²) < 4.78 is 46.8. The maximum absolute atomic E-state index is 14.0. The summed E-state index contributed by atoms with van der Waals surface area (Å²) >= 11 is 0. The minimum atomic E-state index is -3.90. The van der Waals surface area contributed by atoms with Gasteiger partial charge in [0.05, 0.1) is 12.2 Å². The van der Waals surface area contributed by atoms with Crippen LogP contribution in [0.1, 0.15) is 26.2 Å². The molecule has 1 aromatic rings. The van der Waals surface area contributed by atoms with Crippen LogP contribution in [0, 0.1) is 5.82 Å². The third-order valence-corrected chi connectivity index (χ3v) is 6.88. The fraction of sp³-hybridized carbons (Fsp3) is 0.588. The molecule has 1 amide bonds. The van der Waals surface area contributed by atoms with Gasteiger partial charge in [0.2, 0.25) is 15.9 Å². The molecule has 3 rings (SSSR count). The lowest BCUT2D eigenvalue weighted by molar-refractivity contribution is -0.144. The average Bonchev–Trinajstić information content (AvgIpc) is 2.62. The highest BCUT2D eigenvalue weighted by Crippen LogP contribution is 2.33. The number of nitrogens with zero attached hydrogens (tertiary/aromatic N) is 2. The van der Waals surface area contributed by atoms with E-state index in [2.05, 4.69) is 0 Å². The van der Waals surface area contributed by atoms with Crippen molar-refractivity contribution in [2.75, 3.05) is 32.8 Å². The number of sulfonamides is 1. The van der Waals surface area contributed by atoms with Gasteiger partial charge in [-0.05, 0) is 25.0 Å². The quantitative estimate of drug-likeness (QED) is 0.811. The Kier molecular flexibility index (Phi) is 5.13. The van der Waals surface area contributed by atoms with Crippen molar-refractivity contribution in [2.45, 2.75) is 36.7 Å². The molecule has 0 saturated carbocycles. The number of hydrogen-bond acceptors (Lipinski definition) is 4. The van der Waals surface area contributed by atoms with Gasteiger partial charge in [-0.25, -0.2) is 12.8 Å². The van der Waals surface area contributed by atoms with Crippen LogP contribution in [0.2, 0.25) is 0 Å². The first-order valence-electron chi connectivity index (χ1n) is 8.54. The highest BCUT2D eigenvalue weighted by atomic mass is 32.2. The molecule has 2 aliphatic rings. The van der Waals surface area contributed by atoms with Gasteiger partial charge >= 0.3 is 0 Å². The van der Waals surface area contributed by atoms with Crippen LogP contribution < -0.4 is 0 Å². The highest BCUT2D eigenvalue weighted by Gasteiger charge is 2.44.